The second kappa shape index (κ2) is 10.2. The lowest BCUT2D eigenvalue weighted by molar-refractivity contribution is 0.0379. The van der Waals surface area contributed by atoms with Gasteiger partial charge in [-0.2, -0.15) is 0 Å². The number of nitrogens with one attached hydrogen (secondary N) is 1. The second-order valence-corrected chi connectivity index (χ2v) is 8.37. The van der Waals surface area contributed by atoms with Crippen LogP contribution in [0.5, 0.6) is 0 Å². The zero-order valence-electron chi connectivity index (χ0n) is 20.1. The normalized spacial score (nSPS) is 12.3. The molecule has 0 radical (unpaired) electrons. The van der Waals surface area contributed by atoms with Gasteiger partial charge in [-0.15, -0.1) is 0 Å². The van der Waals surface area contributed by atoms with Crippen LogP contribution in [0, 0.1) is 5.82 Å². The molecule has 0 saturated carbocycles. The van der Waals surface area contributed by atoms with Crippen LogP contribution >= 0.6 is 0 Å². The molecule has 36 heavy (non-hydrogen) atoms. The second-order valence-electron chi connectivity index (χ2n) is 8.37. The minimum Gasteiger partial charge on any atom is -0.361 e. The summed E-state index contributed by atoms with van der Waals surface area (Å²) in [4.78, 5) is 31.3. The monoisotopic (exact) mass is 487 g/mol. The number of fused-ring (bicyclic) bond motifs is 2. The number of benzene rings is 2. The van der Waals surface area contributed by atoms with Crippen LogP contribution in [-0.2, 0) is 11.3 Å². The van der Waals surface area contributed by atoms with Gasteiger partial charge in [0.2, 0.25) is 0 Å². The molecule has 1 unspecified atom stereocenters. The number of hydrogen-bond acceptors (Lipinski definition) is 7. The van der Waals surface area contributed by atoms with Gasteiger partial charge in [-0.3, -0.25) is 13.9 Å². The number of hydrogen-bond donors (Lipinski definition) is 1. The number of ether oxygens (including phenoxy) is 1. The minimum atomic E-state index is -0.604. The summed E-state index contributed by atoms with van der Waals surface area (Å²) in [5, 5.41) is 3.20. The van der Waals surface area contributed by atoms with Gasteiger partial charge in [-0.25, -0.2) is 24.3 Å². The summed E-state index contributed by atoms with van der Waals surface area (Å²) in [6, 6.07) is 13.5. The number of para-hydroxylation sites is 1. The Kier molecular flexibility index (Phi) is 6.68. The van der Waals surface area contributed by atoms with Gasteiger partial charge >= 0.3 is 0 Å². The van der Waals surface area contributed by atoms with E-state index in [1.54, 1.807) is 37.7 Å². The van der Waals surface area contributed by atoms with E-state index in [2.05, 4.69) is 32.2 Å². The molecule has 0 aliphatic rings. The molecule has 3 heterocycles. The lowest BCUT2D eigenvalue weighted by atomic mass is 10.2. The number of methoxy groups -OCH3 is 1. The number of halogens is 1. The van der Waals surface area contributed by atoms with E-state index in [1.807, 2.05) is 22.8 Å². The standard InChI is InChI=1S/C26H26FN7O2/c1-3-4-13-21(36-2)33-16-31-23-24(29-15-30-25(23)33)28-14-20-32-19-12-8-11-18(27)22(19)26(35)34(20)17-9-6-5-7-10-17/h5-12,15-16,21H,3-4,13-14H2,1-2H3,(H,28,29,30). The summed E-state index contributed by atoms with van der Waals surface area (Å²) in [5.74, 6) is 0.304. The molecular weight excluding hydrogens is 461 g/mol. The Morgan fingerprint density at radius 2 is 1.92 bits per heavy atom. The van der Waals surface area contributed by atoms with Crippen molar-refractivity contribution in [3.63, 3.8) is 0 Å². The van der Waals surface area contributed by atoms with Crippen LogP contribution in [0.4, 0.5) is 10.2 Å². The molecule has 0 spiro atoms. The van der Waals surface area contributed by atoms with Crippen molar-refractivity contribution in [3.05, 3.63) is 83.2 Å². The van der Waals surface area contributed by atoms with Gasteiger partial charge in [-0.05, 0) is 37.1 Å². The topological polar surface area (TPSA) is 99.8 Å². The van der Waals surface area contributed by atoms with Crippen LogP contribution in [-0.4, -0.2) is 36.2 Å². The van der Waals surface area contributed by atoms with Crippen LogP contribution in [0.25, 0.3) is 27.8 Å². The van der Waals surface area contributed by atoms with E-state index in [4.69, 9.17) is 4.74 Å². The molecule has 0 aliphatic carbocycles. The summed E-state index contributed by atoms with van der Waals surface area (Å²) in [5.41, 5.74) is 1.63. The van der Waals surface area contributed by atoms with E-state index < -0.39 is 11.4 Å². The van der Waals surface area contributed by atoms with E-state index in [9.17, 15) is 9.18 Å². The highest BCUT2D eigenvalue weighted by molar-refractivity contribution is 5.83. The van der Waals surface area contributed by atoms with E-state index in [-0.39, 0.29) is 18.2 Å². The minimum absolute atomic E-state index is 0.0500. The molecule has 1 N–H and O–H groups in total. The van der Waals surface area contributed by atoms with Crippen LogP contribution in [0.3, 0.4) is 0 Å². The van der Waals surface area contributed by atoms with Crippen LogP contribution in [0.15, 0.2) is 66.0 Å². The van der Waals surface area contributed by atoms with Gasteiger partial charge in [0.05, 0.1) is 24.1 Å². The van der Waals surface area contributed by atoms with E-state index in [0.717, 1.165) is 19.3 Å². The predicted molar refractivity (Wildman–Crippen MR) is 136 cm³/mol. The molecule has 0 bridgehead atoms. The molecule has 0 aliphatic heterocycles. The lowest BCUT2D eigenvalue weighted by Gasteiger charge is -2.17. The largest absolute Gasteiger partial charge is 0.361 e. The maximum absolute atomic E-state index is 14.6. The van der Waals surface area contributed by atoms with Gasteiger partial charge in [0.15, 0.2) is 17.0 Å². The first-order chi connectivity index (χ1) is 17.6. The van der Waals surface area contributed by atoms with Crippen molar-refractivity contribution >= 4 is 27.9 Å². The third-order valence-electron chi connectivity index (χ3n) is 6.09. The molecule has 10 heteroatoms. The zero-order valence-corrected chi connectivity index (χ0v) is 20.1. The first-order valence-corrected chi connectivity index (χ1v) is 11.8. The highest BCUT2D eigenvalue weighted by atomic mass is 19.1. The molecule has 0 amide bonds. The lowest BCUT2D eigenvalue weighted by Crippen LogP contribution is -2.26. The van der Waals surface area contributed by atoms with Crippen LogP contribution in [0.1, 0.15) is 38.2 Å². The molecule has 5 aromatic rings. The maximum Gasteiger partial charge on any atom is 0.269 e. The molecule has 3 aromatic heterocycles. The van der Waals surface area contributed by atoms with Gasteiger partial charge in [-0.1, -0.05) is 37.6 Å². The fourth-order valence-corrected chi connectivity index (χ4v) is 4.30. The van der Waals surface area contributed by atoms with Crippen molar-refractivity contribution in [3.8, 4) is 5.69 Å². The van der Waals surface area contributed by atoms with E-state index in [0.29, 0.717) is 34.0 Å². The van der Waals surface area contributed by atoms with Crippen LogP contribution < -0.4 is 10.9 Å². The predicted octanol–water partition coefficient (Wildman–Crippen LogP) is 4.61. The molecule has 184 valence electrons. The Bertz CT molecular complexity index is 1570. The number of aromatic nitrogens is 6. The Balaban J connectivity index is 1.54. The SMILES string of the molecule is CCCCC(OC)n1cnc2c(NCc3nc4cccc(F)c4c(=O)n3-c3ccccc3)ncnc21. The summed E-state index contributed by atoms with van der Waals surface area (Å²) in [7, 11) is 1.67. The fourth-order valence-electron chi connectivity index (χ4n) is 4.30. The van der Waals surface area contributed by atoms with Gasteiger partial charge in [0.25, 0.3) is 5.56 Å². The van der Waals surface area contributed by atoms with Crippen molar-refractivity contribution in [2.75, 3.05) is 12.4 Å². The number of unbranched alkanes of at least 4 members (excludes halogenated alkanes) is 1. The molecule has 9 nitrogen and oxygen atoms in total. The van der Waals surface area contributed by atoms with E-state index in [1.165, 1.54) is 17.0 Å². The number of imidazole rings is 1. The Labute approximate surface area is 206 Å². The molecule has 0 saturated heterocycles. The molecule has 1 atom stereocenters. The van der Waals surface area contributed by atoms with Crippen LogP contribution in [0.2, 0.25) is 0 Å². The van der Waals surface area contributed by atoms with Crippen molar-refractivity contribution in [1.29, 1.82) is 0 Å². The summed E-state index contributed by atoms with van der Waals surface area (Å²) >= 11 is 0. The van der Waals surface area contributed by atoms with Crippen molar-refractivity contribution in [2.45, 2.75) is 39.0 Å². The Morgan fingerprint density at radius 1 is 1.08 bits per heavy atom. The highest BCUT2D eigenvalue weighted by Gasteiger charge is 2.19. The Morgan fingerprint density at radius 3 is 2.69 bits per heavy atom. The van der Waals surface area contributed by atoms with E-state index >= 15 is 0 Å². The quantitative estimate of drug-likeness (QED) is 0.324. The van der Waals surface area contributed by atoms with Gasteiger partial charge in [0, 0.05) is 7.11 Å². The van der Waals surface area contributed by atoms with Crippen molar-refractivity contribution in [1.82, 2.24) is 29.1 Å². The average molecular weight is 488 g/mol. The molecule has 0 fully saturated rings. The fraction of sp³-hybridized carbons (Fsp3) is 0.269. The third kappa shape index (κ3) is 4.31. The van der Waals surface area contributed by atoms with Crippen molar-refractivity contribution in [2.24, 2.45) is 0 Å². The number of anilines is 1. The van der Waals surface area contributed by atoms with Crippen molar-refractivity contribution < 1.29 is 9.13 Å². The average Bonchev–Trinajstić information content (AvgIpc) is 3.33. The summed E-state index contributed by atoms with van der Waals surface area (Å²) < 4.78 is 23.5. The Hall–Kier alpha value is -4.18. The van der Waals surface area contributed by atoms with Gasteiger partial charge < -0.3 is 10.1 Å². The zero-order chi connectivity index (χ0) is 25.1. The molecule has 2 aromatic carbocycles. The summed E-state index contributed by atoms with van der Waals surface area (Å²) in [6.45, 7) is 2.28. The molecule has 5 rings (SSSR count). The highest BCUT2D eigenvalue weighted by Crippen LogP contribution is 2.25. The number of nitrogens with zero attached hydrogens (tertiary/aromatic N) is 6. The number of rotatable bonds is 9. The molecular formula is C26H26FN7O2. The first kappa shape index (κ1) is 23.6. The first-order valence-electron chi connectivity index (χ1n) is 11.8. The van der Waals surface area contributed by atoms with Gasteiger partial charge in [0.1, 0.15) is 29.6 Å². The maximum atomic E-state index is 14.6. The third-order valence-corrected chi connectivity index (χ3v) is 6.09. The summed E-state index contributed by atoms with van der Waals surface area (Å²) in [6.07, 6.45) is 5.89. The smallest absolute Gasteiger partial charge is 0.269 e.